The van der Waals surface area contributed by atoms with Crippen LogP contribution in [0.4, 0.5) is 14.5 Å². The zero-order valence-electron chi connectivity index (χ0n) is 10.6. The summed E-state index contributed by atoms with van der Waals surface area (Å²) in [6.45, 7) is -1.02. The second-order valence-corrected chi connectivity index (χ2v) is 4.66. The number of nitrogens with zero attached hydrogens (tertiary/aromatic N) is 1. The van der Waals surface area contributed by atoms with Crippen molar-refractivity contribution in [1.82, 2.24) is 0 Å². The second-order valence-electron chi connectivity index (χ2n) is 4.23. The van der Waals surface area contributed by atoms with Crippen molar-refractivity contribution in [3.8, 4) is 5.75 Å². The smallest absolute Gasteiger partial charge is 0.311 e. The van der Waals surface area contributed by atoms with Gasteiger partial charge in [0.1, 0.15) is 0 Å². The monoisotopic (exact) mass is 313 g/mol. The highest BCUT2D eigenvalue weighted by Gasteiger charge is 2.33. The maximum Gasteiger partial charge on any atom is 0.311 e. The molecule has 0 N–H and O–H groups in total. The van der Waals surface area contributed by atoms with E-state index >= 15 is 0 Å². The summed E-state index contributed by atoms with van der Waals surface area (Å²) in [5.74, 6) is -3.56. The van der Waals surface area contributed by atoms with Crippen LogP contribution < -0.4 is 4.74 Å². The first-order valence-corrected chi connectivity index (χ1v) is 6.28. The summed E-state index contributed by atoms with van der Waals surface area (Å²) < 4.78 is 32.8. The second kappa shape index (κ2) is 6.05. The van der Waals surface area contributed by atoms with Crippen LogP contribution in [0, 0.1) is 10.1 Å². The lowest BCUT2D eigenvalue weighted by atomic mass is 10.1. The van der Waals surface area contributed by atoms with Crippen molar-refractivity contribution in [2.75, 3.05) is 6.61 Å². The highest BCUT2D eigenvalue weighted by molar-refractivity contribution is 6.30. The van der Waals surface area contributed by atoms with Gasteiger partial charge in [0, 0.05) is 22.7 Å². The molecule has 2 aromatic carbocycles. The first-order chi connectivity index (χ1) is 9.90. The summed E-state index contributed by atoms with van der Waals surface area (Å²) in [7, 11) is 0. The zero-order chi connectivity index (χ0) is 15.5. The Balaban J connectivity index is 2.20. The lowest BCUT2D eigenvalue weighted by Gasteiger charge is -2.17. The number of hydrogen-bond donors (Lipinski definition) is 0. The average Bonchev–Trinajstić information content (AvgIpc) is 2.46. The number of ether oxygens (including phenoxy) is 1. The maximum atomic E-state index is 13.9. The molecule has 0 amide bonds. The Bertz CT molecular complexity index is 650. The largest absolute Gasteiger partial charge is 0.480 e. The topological polar surface area (TPSA) is 52.4 Å². The SMILES string of the molecule is O=[N+]([O-])c1ccc(Cl)cc1OCC(F)(F)c1ccccc1. The van der Waals surface area contributed by atoms with Gasteiger partial charge < -0.3 is 4.74 Å². The molecule has 0 aliphatic rings. The molecule has 0 aliphatic carbocycles. The molecule has 0 spiro atoms. The van der Waals surface area contributed by atoms with Gasteiger partial charge in [-0.05, 0) is 6.07 Å². The van der Waals surface area contributed by atoms with Gasteiger partial charge in [-0.1, -0.05) is 41.9 Å². The molecule has 0 fully saturated rings. The quantitative estimate of drug-likeness (QED) is 0.606. The highest BCUT2D eigenvalue weighted by atomic mass is 35.5. The molecule has 0 saturated heterocycles. The van der Waals surface area contributed by atoms with Crippen LogP contribution in [0.1, 0.15) is 5.56 Å². The molecule has 0 radical (unpaired) electrons. The van der Waals surface area contributed by atoms with Gasteiger partial charge in [-0.3, -0.25) is 10.1 Å². The van der Waals surface area contributed by atoms with E-state index in [0.29, 0.717) is 0 Å². The van der Waals surface area contributed by atoms with Gasteiger partial charge in [0.05, 0.1) is 4.92 Å². The predicted octanol–water partition coefficient (Wildman–Crippen LogP) is 4.42. The molecule has 0 bridgehead atoms. The Kier molecular flexibility index (Phi) is 4.37. The lowest BCUT2D eigenvalue weighted by molar-refractivity contribution is -0.386. The number of alkyl halides is 2. The van der Waals surface area contributed by atoms with Crippen molar-refractivity contribution in [1.29, 1.82) is 0 Å². The van der Waals surface area contributed by atoms with Crippen LogP contribution in [0.5, 0.6) is 5.75 Å². The van der Waals surface area contributed by atoms with Crippen LogP contribution in [0.15, 0.2) is 48.5 Å². The number of halogens is 3. The number of nitro groups is 1. The van der Waals surface area contributed by atoms with E-state index in [1.807, 2.05) is 0 Å². The molecule has 0 aliphatic heterocycles. The van der Waals surface area contributed by atoms with E-state index in [4.69, 9.17) is 16.3 Å². The minimum atomic E-state index is -3.27. The Morgan fingerprint density at radius 1 is 1.19 bits per heavy atom. The minimum Gasteiger partial charge on any atom is -0.480 e. The van der Waals surface area contributed by atoms with Crippen molar-refractivity contribution in [3.63, 3.8) is 0 Å². The Hall–Kier alpha value is -2.21. The third kappa shape index (κ3) is 3.66. The molecule has 0 heterocycles. The number of hydrogen-bond acceptors (Lipinski definition) is 3. The third-order valence-electron chi connectivity index (χ3n) is 2.72. The minimum absolute atomic E-state index is 0.165. The van der Waals surface area contributed by atoms with Gasteiger partial charge in [0.25, 0.3) is 0 Å². The zero-order valence-corrected chi connectivity index (χ0v) is 11.4. The molecular formula is C14H10ClF2NO3. The average molecular weight is 314 g/mol. The van der Waals surface area contributed by atoms with Crippen molar-refractivity contribution in [2.24, 2.45) is 0 Å². The summed E-state index contributed by atoms with van der Waals surface area (Å²) in [6.07, 6.45) is 0. The molecule has 21 heavy (non-hydrogen) atoms. The van der Waals surface area contributed by atoms with Crippen LogP contribution in [-0.2, 0) is 5.92 Å². The summed E-state index contributed by atoms with van der Waals surface area (Å²) in [5.41, 5.74) is -0.641. The van der Waals surface area contributed by atoms with E-state index in [1.54, 1.807) is 6.07 Å². The van der Waals surface area contributed by atoms with Crippen LogP contribution >= 0.6 is 11.6 Å². The number of nitro benzene ring substituents is 1. The van der Waals surface area contributed by atoms with Crippen molar-refractivity contribution in [2.45, 2.75) is 5.92 Å². The Morgan fingerprint density at radius 2 is 1.86 bits per heavy atom. The van der Waals surface area contributed by atoms with Gasteiger partial charge in [0.15, 0.2) is 12.4 Å². The van der Waals surface area contributed by atoms with Crippen LogP contribution in [0.2, 0.25) is 5.02 Å². The Morgan fingerprint density at radius 3 is 2.48 bits per heavy atom. The molecule has 7 heteroatoms. The molecule has 2 aromatic rings. The summed E-state index contributed by atoms with van der Waals surface area (Å²) in [5, 5.41) is 11.0. The summed E-state index contributed by atoms with van der Waals surface area (Å²) in [6, 6.07) is 10.6. The van der Waals surface area contributed by atoms with Crippen LogP contribution in [0.25, 0.3) is 0 Å². The van der Waals surface area contributed by atoms with Crippen molar-refractivity contribution in [3.05, 3.63) is 69.2 Å². The van der Waals surface area contributed by atoms with Gasteiger partial charge in [-0.2, -0.15) is 8.78 Å². The first kappa shape index (κ1) is 15.2. The molecular weight excluding hydrogens is 304 g/mol. The number of benzene rings is 2. The van der Waals surface area contributed by atoms with Crippen LogP contribution in [-0.4, -0.2) is 11.5 Å². The highest BCUT2D eigenvalue weighted by Crippen LogP contribution is 2.33. The summed E-state index contributed by atoms with van der Waals surface area (Å²) in [4.78, 5) is 10.1. The van der Waals surface area contributed by atoms with Gasteiger partial charge >= 0.3 is 11.6 Å². The molecule has 0 atom stereocenters. The van der Waals surface area contributed by atoms with E-state index in [-0.39, 0.29) is 16.3 Å². The van der Waals surface area contributed by atoms with Crippen LogP contribution in [0.3, 0.4) is 0 Å². The van der Waals surface area contributed by atoms with E-state index < -0.39 is 23.1 Å². The first-order valence-electron chi connectivity index (χ1n) is 5.90. The van der Waals surface area contributed by atoms with Crippen molar-refractivity contribution < 1.29 is 18.4 Å². The normalized spacial score (nSPS) is 11.2. The Labute approximate surface area is 124 Å². The van der Waals surface area contributed by atoms with E-state index in [2.05, 4.69) is 0 Å². The van der Waals surface area contributed by atoms with Gasteiger partial charge in [-0.25, -0.2) is 0 Å². The molecule has 110 valence electrons. The van der Waals surface area contributed by atoms with E-state index in [0.717, 1.165) is 12.1 Å². The van der Waals surface area contributed by atoms with Gasteiger partial charge in [0.2, 0.25) is 0 Å². The third-order valence-corrected chi connectivity index (χ3v) is 2.96. The van der Waals surface area contributed by atoms with E-state index in [9.17, 15) is 18.9 Å². The molecule has 4 nitrogen and oxygen atoms in total. The molecule has 0 unspecified atom stereocenters. The fraction of sp³-hybridized carbons (Fsp3) is 0.143. The maximum absolute atomic E-state index is 13.9. The van der Waals surface area contributed by atoms with Crippen molar-refractivity contribution >= 4 is 17.3 Å². The van der Waals surface area contributed by atoms with E-state index in [1.165, 1.54) is 30.3 Å². The lowest BCUT2D eigenvalue weighted by Crippen LogP contribution is -2.23. The fourth-order valence-corrected chi connectivity index (χ4v) is 1.85. The standard InChI is InChI=1S/C14H10ClF2NO3/c15-11-6-7-12(18(19)20)13(8-11)21-9-14(16,17)10-4-2-1-3-5-10/h1-8H,9H2. The molecule has 0 aromatic heterocycles. The fourth-order valence-electron chi connectivity index (χ4n) is 1.69. The van der Waals surface area contributed by atoms with Gasteiger partial charge in [-0.15, -0.1) is 0 Å². The summed E-state index contributed by atoms with van der Waals surface area (Å²) >= 11 is 5.70. The number of rotatable bonds is 5. The molecule has 0 saturated carbocycles. The molecule has 2 rings (SSSR count). The predicted molar refractivity (Wildman–Crippen MR) is 73.9 cm³/mol.